The Morgan fingerprint density at radius 2 is 0.774 bits per heavy atom. The third-order valence-corrected chi connectivity index (χ3v) is 11.7. The van der Waals surface area contributed by atoms with E-state index in [0.29, 0.717) is 0 Å². The lowest BCUT2D eigenvalue weighted by atomic mass is 10.2. The first kappa shape index (κ1) is 22.0. The van der Waals surface area contributed by atoms with Crippen LogP contribution in [0.1, 0.15) is 16.7 Å². The summed E-state index contributed by atoms with van der Waals surface area (Å²) in [7, 11) is -0.787. The van der Waals surface area contributed by atoms with Crippen LogP contribution in [0.2, 0.25) is 0 Å². The summed E-state index contributed by atoms with van der Waals surface area (Å²) in [5, 5.41) is 6.06. The van der Waals surface area contributed by atoms with Crippen molar-refractivity contribution in [1.82, 2.24) is 0 Å². The molecule has 0 aliphatic heterocycles. The molecule has 0 saturated heterocycles. The van der Waals surface area contributed by atoms with Crippen molar-refractivity contribution in [2.45, 2.75) is 20.8 Å². The van der Waals surface area contributed by atoms with Gasteiger partial charge in [0.15, 0.2) is 0 Å². The molecule has 0 aliphatic carbocycles. The van der Waals surface area contributed by atoms with Crippen molar-refractivity contribution in [3.63, 3.8) is 0 Å². The number of aryl methyl sites for hydroxylation is 3. The normalized spacial score (nSPS) is 12.1. The van der Waals surface area contributed by atoms with Crippen molar-refractivity contribution < 1.29 is 0 Å². The van der Waals surface area contributed by atoms with Crippen LogP contribution in [-0.4, -0.2) is 12.3 Å². The second kappa shape index (κ2) is 10.4. The summed E-state index contributed by atoms with van der Waals surface area (Å²) in [4.78, 5) is 0. The highest BCUT2D eigenvalue weighted by molar-refractivity contribution is 7.76. The lowest BCUT2D eigenvalue weighted by molar-refractivity contribution is 1.46. The molecule has 2 heteroatoms. The summed E-state index contributed by atoms with van der Waals surface area (Å²) in [6.45, 7) is 6.80. The average Bonchev–Trinajstić information content (AvgIpc) is 2.80. The van der Waals surface area contributed by atoms with Crippen molar-refractivity contribution in [3.05, 3.63) is 120 Å². The summed E-state index contributed by atoms with van der Waals surface area (Å²) in [6, 6.07) is 38.1. The second-order valence-electron chi connectivity index (χ2n) is 8.00. The molecule has 4 aromatic rings. The van der Waals surface area contributed by atoms with Gasteiger partial charge in [-0.05, 0) is 86.8 Å². The van der Waals surface area contributed by atoms with Crippen molar-refractivity contribution in [3.8, 4) is 0 Å². The van der Waals surface area contributed by atoms with Gasteiger partial charge in [0.25, 0.3) is 0 Å². The van der Waals surface area contributed by atoms with E-state index in [0.717, 1.165) is 0 Å². The molecule has 1 atom stereocenters. The molecule has 0 bridgehead atoms. The van der Waals surface area contributed by atoms with E-state index in [2.05, 4.69) is 124 Å². The summed E-state index contributed by atoms with van der Waals surface area (Å²) in [5.74, 6) is 0. The van der Waals surface area contributed by atoms with Crippen molar-refractivity contribution in [2.75, 3.05) is 12.3 Å². The summed E-state index contributed by atoms with van der Waals surface area (Å²) in [6.07, 6.45) is 2.42. The predicted octanol–water partition coefficient (Wildman–Crippen LogP) is 6.18. The number of hydrogen-bond acceptors (Lipinski definition) is 0. The number of rotatable bonds is 7. The Morgan fingerprint density at radius 3 is 1.23 bits per heavy atom. The van der Waals surface area contributed by atoms with Gasteiger partial charge in [-0.1, -0.05) is 103 Å². The Hall–Kier alpha value is -2.26. The van der Waals surface area contributed by atoms with Gasteiger partial charge in [0.2, 0.25) is 0 Å². The highest BCUT2D eigenvalue weighted by Crippen LogP contribution is 2.42. The Labute approximate surface area is 189 Å². The predicted molar refractivity (Wildman–Crippen MR) is 142 cm³/mol. The first-order chi connectivity index (χ1) is 15.1. The largest absolute Gasteiger partial charge is 0.0622 e. The molecular formula is C29H30P2. The standard InChI is InChI=1S/C29H30P2/c1-23-13-7-10-18-27(23)30(26-16-5-4-6-17-26)21-22-31(28-19-11-8-14-24(28)2)29-20-12-9-15-25(29)3/h4-20H,21-22H2,1-3H3. The van der Waals surface area contributed by atoms with Crippen LogP contribution in [0.5, 0.6) is 0 Å². The van der Waals surface area contributed by atoms with E-state index in [1.54, 1.807) is 0 Å². The lowest BCUT2D eigenvalue weighted by Gasteiger charge is -2.26. The molecule has 0 heterocycles. The van der Waals surface area contributed by atoms with Crippen molar-refractivity contribution >= 4 is 37.1 Å². The van der Waals surface area contributed by atoms with Gasteiger partial charge < -0.3 is 0 Å². The van der Waals surface area contributed by atoms with Gasteiger partial charge in [-0.15, -0.1) is 0 Å². The molecule has 4 rings (SSSR count). The third kappa shape index (κ3) is 5.15. The molecule has 31 heavy (non-hydrogen) atoms. The van der Waals surface area contributed by atoms with Crippen LogP contribution in [0.3, 0.4) is 0 Å². The van der Waals surface area contributed by atoms with Crippen LogP contribution in [0.15, 0.2) is 103 Å². The maximum absolute atomic E-state index is 2.35. The van der Waals surface area contributed by atoms with E-state index >= 15 is 0 Å². The third-order valence-electron chi connectivity index (χ3n) is 5.83. The van der Waals surface area contributed by atoms with Gasteiger partial charge in [-0.3, -0.25) is 0 Å². The maximum Gasteiger partial charge on any atom is -0.0166 e. The van der Waals surface area contributed by atoms with Gasteiger partial charge in [0.05, 0.1) is 0 Å². The smallest absolute Gasteiger partial charge is 0.0166 e. The molecule has 0 fully saturated rings. The Balaban J connectivity index is 1.73. The number of benzene rings is 4. The molecule has 0 saturated carbocycles. The molecule has 1 unspecified atom stereocenters. The SMILES string of the molecule is Cc1ccccc1P(CCP(c1ccccc1C)c1ccccc1C)c1ccccc1. The molecule has 0 N–H and O–H groups in total. The minimum Gasteiger partial charge on any atom is -0.0622 e. The minimum atomic E-state index is -0.399. The second-order valence-corrected chi connectivity index (χ2v) is 12.6. The zero-order valence-corrected chi connectivity index (χ0v) is 20.4. The van der Waals surface area contributed by atoms with Gasteiger partial charge in [-0.25, -0.2) is 0 Å². The van der Waals surface area contributed by atoms with Gasteiger partial charge in [-0.2, -0.15) is 0 Å². The number of hydrogen-bond donors (Lipinski definition) is 0. The van der Waals surface area contributed by atoms with E-state index in [1.807, 2.05) is 0 Å². The Kier molecular flexibility index (Phi) is 7.34. The van der Waals surface area contributed by atoms with E-state index in [-0.39, 0.29) is 7.92 Å². The molecular weight excluding hydrogens is 410 g/mol. The first-order valence-electron chi connectivity index (χ1n) is 10.9. The fourth-order valence-electron chi connectivity index (χ4n) is 4.17. The fourth-order valence-corrected chi connectivity index (χ4v) is 10.1. The average molecular weight is 441 g/mol. The molecule has 0 spiro atoms. The molecule has 0 aliphatic rings. The highest BCUT2D eigenvalue weighted by Gasteiger charge is 2.22. The summed E-state index contributed by atoms with van der Waals surface area (Å²) >= 11 is 0. The Bertz CT molecular complexity index is 1090. The van der Waals surface area contributed by atoms with Crippen LogP contribution in [-0.2, 0) is 0 Å². The molecule has 0 nitrogen and oxygen atoms in total. The van der Waals surface area contributed by atoms with Gasteiger partial charge in [0, 0.05) is 0 Å². The zero-order valence-electron chi connectivity index (χ0n) is 18.6. The zero-order chi connectivity index (χ0) is 21.6. The van der Waals surface area contributed by atoms with Crippen LogP contribution in [0, 0.1) is 20.8 Å². The summed E-state index contributed by atoms with van der Waals surface area (Å²) < 4.78 is 0. The van der Waals surface area contributed by atoms with Crippen molar-refractivity contribution in [1.29, 1.82) is 0 Å². The van der Waals surface area contributed by atoms with Gasteiger partial charge in [0.1, 0.15) is 0 Å². The van der Waals surface area contributed by atoms with Crippen LogP contribution < -0.4 is 21.2 Å². The van der Waals surface area contributed by atoms with Crippen LogP contribution >= 0.6 is 15.8 Å². The highest BCUT2D eigenvalue weighted by atomic mass is 31.1. The van der Waals surface area contributed by atoms with E-state index in [1.165, 1.54) is 50.2 Å². The fraction of sp³-hybridized carbons (Fsp3) is 0.172. The minimum absolute atomic E-state index is 0.388. The van der Waals surface area contributed by atoms with E-state index in [9.17, 15) is 0 Å². The quantitative estimate of drug-likeness (QED) is 0.301. The lowest BCUT2D eigenvalue weighted by Crippen LogP contribution is -2.23. The van der Waals surface area contributed by atoms with Gasteiger partial charge >= 0.3 is 0 Å². The molecule has 0 radical (unpaired) electrons. The Morgan fingerprint density at radius 1 is 0.419 bits per heavy atom. The molecule has 156 valence electrons. The van der Waals surface area contributed by atoms with Crippen LogP contribution in [0.4, 0.5) is 0 Å². The van der Waals surface area contributed by atoms with E-state index in [4.69, 9.17) is 0 Å². The topological polar surface area (TPSA) is 0 Å². The molecule has 4 aromatic carbocycles. The monoisotopic (exact) mass is 440 g/mol. The maximum atomic E-state index is 2.35. The first-order valence-corrected chi connectivity index (χ1v) is 14.0. The van der Waals surface area contributed by atoms with E-state index < -0.39 is 7.92 Å². The molecule has 0 amide bonds. The molecule has 0 aromatic heterocycles. The van der Waals surface area contributed by atoms with Crippen molar-refractivity contribution in [2.24, 2.45) is 0 Å². The van der Waals surface area contributed by atoms with Crippen LogP contribution in [0.25, 0.3) is 0 Å². The summed E-state index contributed by atoms with van der Waals surface area (Å²) in [5.41, 5.74) is 4.24.